The number of rotatable bonds is 3. The number of amides is 2. The molecule has 5 heteroatoms. The third kappa shape index (κ3) is 1.73. The molecule has 66 valence electrons. The minimum Gasteiger partial charge on any atom is -0.383 e. The van der Waals surface area contributed by atoms with Crippen LogP contribution in [0.3, 0.4) is 0 Å². The summed E-state index contributed by atoms with van der Waals surface area (Å²) in [6.45, 7) is 0.672. The van der Waals surface area contributed by atoms with E-state index in [4.69, 9.17) is 4.74 Å². The number of ether oxygens (including phenoxy) is 1. The molecule has 0 atom stereocenters. The van der Waals surface area contributed by atoms with Gasteiger partial charge in [0, 0.05) is 13.2 Å². The SMILES string of the molecule is COCCN1C(=O)C=C(Br)C1=O. The monoisotopic (exact) mass is 233 g/mol. The van der Waals surface area contributed by atoms with Crippen molar-refractivity contribution in [3.05, 3.63) is 10.6 Å². The Hall–Kier alpha value is -0.680. The molecule has 1 aliphatic rings. The Morgan fingerprint density at radius 1 is 1.58 bits per heavy atom. The van der Waals surface area contributed by atoms with Gasteiger partial charge in [-0.05, 0) is 15.9 Å². The highest BCUT2D eigenvalue weighted by Gasteiger charge is 2.28. The summed E-state index contributed by atoms with van der Waals surface area (Å²) in [6.07, 6.45) is 1.26. The highest BCUT2D eigenvalue weighted by atomic mass is 79.9. The first-order valence-corrected chi connectivity index (χ1v) is 4.18. The minimum absolute atomic E-state index is 0.288. The summed E-state index contributed by atoms with van der Waals surface area (Å²) in [5.41, 5.74) is 0. The largest absolute Gasteiger partial charge is 0.383 e. The van der Waals surface area contributed by atoms with E-state index < -0.39 is 0 Å². The molecule has 0 bridgehead atoms. The van der Waals surface area contributed by atoms with Crippen LogP contribution in [0.1, 0.15) is 0 Å². The quantitative estimate of drug-likeness (QED) is 0.659. The van der Waals surface area contributed by atoms with Gasteiger partial charge in [-0.2, -0.15) is 0 Å². The normalized spacial score (nSPS) is 17.2. The van der Waals surface area contributed by atoms with E-state index >= 15 is 0 Å². The molecule has 1 heterocycles. The first kappa shape index (κ1) is 9.41. The summed E-state index contributed by atoms with van der Waals surface area (Å²) in [7, 11) is 1.52. The second-order valence-corrected chi connectivity index (χ2v) is 3.13. The molecule has 0 radical (unpaired) electrons. The van der Waals surface area contributed by atoms with Crippen LogP contribution in [0.25, 0.3) is 0 Å². The van der Waals surface area contributed by atoms with Crippen LogP contribution in [0, 0.1) is 0 Å². The Balaban J connectivity index is 2.58. The standard InChI is InChI=1S/C7H8BrNO3/c1-12-3-2-9-6(10)4-5(8)7(9)11/h4H,2-3H2,1H3. The van der Waals surface area contributed by atoms with Gasteiger partial charge in [-0.15, -0.1) is 0 Å². The summed E-state index contributed by atoms with van der Waals surface area (Å²) in [5.74, 6) is -0.582. The van der Waals surface area contributed by atoms with E-state index in [1.54, 1.807) is 0 Å². The van der Waals surface area contributed by atoms with Gasteiger partial charge in [0.25, 0.3) is 11.8 Å². The maximum absolute atomic E-state index is 11.2. The highest BCUT2D eigenvalue weighted by molar-refractivity contribution is 9.12. The number of halogens is 1. The molecule has 0 aromatic heterocycles. The molecule has 0 N–H and O–H groups in total. The van der Waals surface area contributed by atoms with Gasteiger partial charge in [-0.3, -0.25) is 14.5 Å². The van der Waals surface area contributed by atoms with Gasteiger partial charge in [-0.25, -0.2) is 0 Å². The van der Waals surface area contributed by atoms with Gasteiger partial charge < -0.3 is 4.74 Å². The molecule has 0 saturated heterocycles. The van der Waals surface area contributed by atoms with Crippen LogP contribution < -0.4 is 0 Å². The van der Waals surface area contributed by atoms with Crippen molar-refractivity contribution >= 4 is 27.7 Å². The highest BCUT2D eigenvalue weighted by Crippen LogP contribution is 2.17. The zero-order chi connectivity index (χ0) is 9.14. The van der Waals surface area contributed by atoms with E-state index in [9.17, 15) is 9.59 Å². The number of imide groups is 1. The van der Waals surface area contributed by atoms with Crippen molar-refractivity contribution in [2.75, 3.05) is 20.3 Å². The summed E-state index contributed by atoms with van der Waals surface area (Å²) >= 11 is 2.98. The zero-order valence-electron chi connectivity index (χ0n) is 6.54. The summed E-state index contributed by atoms with van der Waals surface area (Å²) < 4.78 is 5.06. The van der Waals surface area contributed by atoms with Gasteiger partial charge in [0.1, 0.15) is 0 Å². The molecule has 1 rings (SSSR count). The fourth-order valence-corrected chi connectivity index (χ4v) is 1.28. The average Bonchev–Trinajstić information content (AvgIpc) is 2.25. The maximum atomic E-state index is 11.2. The smallest absolute Gasteiger partial charge is 0.268 e. The molecular weight excluding hydrogens is 226 g/mol. The van der Waals surface area contributed by atoms with Crippen molar-refractivity contribution < 1.29 is 14.3 Å². The molecule has 12 heavy (non-hydrogen) atoms. The second kappa shape index (κ2) is 3.82. The molecule has 2 amide bonds. The lowest BCUT2D eigenvalue weighted by Gasteiger charge is -2.12. The molecule has 0 aliphatic carbocycles. The number of hydrogen-bond acceptors (Lipinski definition) is 3. The first-order valence-electron chi connectivity index (χ1n) is 3.38. The zero-order valence-corrected chi connectivity index (χ0v) is 8.13. The maximum Gasteiger partial charge on any atom is 0.268 e. The number of nitrogens with zero attached hydrogens (tertiary/aromatic N) is 1. The Morgan fingerprint density at radius 2 is 2.25 bits per heavy atom. The van der Waals surface area contributed by atoms with Crippen molar-refractivity contribution in [2.45, 2.75) is 0 Å². The van der Waals surface area contributed by atoms with Crippen LogP contribution in [-0.4, -0.2) is 37.0 Å². The Morgan fingerprint density at radius 3 is 2.67 bits per heavy atom. The van der Waals surface area contributed by atoms with Gasteiger partial charge >= 0.3 is 0 Å². The van der Waals surface area contributed by atoms with E-state index in [1.165, 1.54) is 13.2 Å². The molecule has 0 unspecified atom stereocenters. The van der Waals surface area contributed by atoms with Gasteiger partial charge in [0.2, 0.25) is 0 Å². The molecule has 0 aromatic carbocycles. The van der Waals surface area contributed by atoms with Crippen molar-refractivity contribution in [3.8, 4) is 0 Å². The van der Waals surface area contributed by atoms with Crippen LogP contribution in [0.5, 0.6) is 0 Å². The van der Waals surface area contributed by atoms with Crippen LogP contribution in [0.15, 0.2) is 10.6 Å². The molecular formula is C7H8BrNO3. The number of carbonyl (C=O) groups excluding carboxylic acids is 2. The molecule has 1 aliphatic heterocycles. The fraction of sp³-hybridized carbons (Fsp3) is 0.429. The molecule has 4 nitrogen and oxygen atoms in total. The summed E-state index contributed by atoms with van der Waals surface area (Å²) in [5, 5.41) is 0. The average molecular weight is 234 g/mol. The third-order valence-corrected chi connectivity index (χ3v) is 2.05. The Kier molecular flexibility index (Phi) is 2.99. The Labute approximate surface area is 78.3 Å². The van der Waals surface area contributed by atoms with E-state index in [2.05, 4.69) is 15.9 Å². The fourth-order valence-electron chi connectivity index (χ4n) is 0.871. The van der Waals surface area contributed by atoms with Crippen LogP contribution >= 0.6 is 15.9 Å². The topological polar surface area (TPSA) is 46.6 Å². The first-order chi connectivity index (χ1) is 5.66. The van der Waals surface area contributed by atoms with E-state index in [0.29, 0.717) is 17.6 Å². The number of methoxy groups -OCH3 is 1. The van der Waals surface area contributed by atoms with Gasteiger partial charge in [0.05, 0.1) is 17.6 Å². The second-order valence-electron chi connectivity index (χ2n) is 2.28. The van der Waals surface area contributed by atoms with Gasteiger partial charge in [-0.1, -0.05) is 0 Å². The summed E-state index contributed by atoms with van der Waals surface area (Å²) in [6, 6.07) is 0. The van der Waals surface area contributed by atoms with E-state index in [1.807, 2.05) is 0 Å². The molecule has 0 fully saturated rings. The molecule has 0 saturated carbocycles. The van der Waals surface area contributed by atoms with Crippen LogP contribution in [0.2, 0.25) is 0 Å². The predicted octanol–water partition coefficient (Wildman–Crippen LogP) is 0.280. The van der Waals surface area contributed by atoms with E-state index in [-0.39, 0.29) is 11.8 Å². The van der Waals surface area contributed by atoms with Crippen LogP contribution in [0.4, 0.5) is 0 Å². The predicted molar refractivity (Wildman–Crippen MR) is 45.6 cm³/mol. The lowest BCUT2D eigenvalue weighted by molar-refractivity contribution is -0.137. The lowest BCUT2D eigenvalue weighted by atomic mass is 10.5. The van der Waals surface area contributed by atoms with Crippen LogP contribution in [-0.2, 0) is 14.3 Å². The van der Waals surface area contributed by atoms with Crippen molar-refractivity contribution in [1.82, 2.24) is 4.90 Å². The Bertz CT molecular complexity index is 249. The van der Waals surface area contributed by atoms with Crippen molar-refractivity contribution in [2.24, 2.45) is 0 Å². The lowest BCUT2D eigenvalue weighted by Crippen LogP contribution is -2.33. The molecule has 0 spiro atoms. The van der Waals surface area contributed by atoms with Crippen molar-refractivity contribution in [3.63, 3.8) is 0 Å². The third-order valence-electron chi connectivity index (χ3n) is 1.48. The summed E-state index contributed by atoms with van der Waals surface area (Å²) in [4.78, 5) is 23.3. The van der Waals surface area contributed by atoms with Gasteiger partial charge in [0.15, 0.2) is 0 Å². The molecule has 0 aromatic rings. The van der Waals surface area contributed by atoms with E-state index in [0.717, 1.165) is 4.90 Å². The van der Waals surface area contributed by atoms with Crippen molar-refractivity contribution in [1.29, 1.82) is 0 Å². The number of carbonyl (C=O) groups is 2. The number of hydrogen-bond donors (Lipinski definition) is 0. The minimum atomic E-state index is -0.294.